The van der Waals surface area contributed by atoms with E-state index in [9.17, 15) is 0 Å². The summed E-state index contributed by atoms with van der Waals surface area (Å²) in [6, 6.07) is 0.217. The monoisotopic (exact) mass is 248 g/mol. The maximum Gasteiger partial charge on any atom is 0.225 e. The van der Waals surface area contributed by atoms with Crippen LogP contribution in [0.1, 0.15) is 38.7 Å². The minimum Gasteiger partial charge on any atom is -0.341 e. The summed E-state index contributed by atoms with van der Waals surface area (Å²) in [5.41, 5.74) is 7.08. The van der Waals surface area contributed by atoms with Gasteiger partial charge in [-0.25, -0.2) is 9.97 Å². The standard InChI is InChI=1S/C14H24N4/c1-3-13(15)7-12-8-16-14(17-9-12)18-6-4-5-11(2)10-18/h8-9,11,13H,3-7,10,15H2,1-2H3. The molecule has 1 fully saturated rings. The van der Waals surface area contributed by atoms with E-state index in [0.29, 0.717) is 0 Å². The van der Waals surface area contributed by atoms with Crippen LogP contribution in [-0.4, -0.2) is 29.1 Å². The van der Waals surface area contributed by atoms with E-state index >= 15 is 0 Å². The van der Waals surface area contributed by atoms with Crippen molar-refractivity contribution in [1.29, 1.82) is 0 Å². The summed E-state index contributed by atoms with van der Waals surface area (Å²) >= 11 is 0. The maximum absolute atomic E-state index is 5.94. The van der Waals surface area contributed by atoms with Crippen molar-refractivity contribution in [2.75, 3.05) is 18.0 Å². The highest BCUT2D eigenvalue weighted by atomic mass is 15.2. The Labute approximate surface area is 110 Å². The van der Waals surface area contributed by atoms with Gasteiger partial charge in [-0.1, -0.05) is 13.8 Å². The Kier molecular flexibility index (Phi) is 4.53. The highest BCUT2D eigenvalue weighted by molar-refractivity contribution is 5.30. The molecule has 2 rings (SSSR count). The van der Waals surface area contributed by atoms with E-state index < -0.39 is 0 Å². The van der Waals surface area contributed by atoms with Crippen LogP contribution < -0.4 is 10.6 Å². The molecule has 4 heteroatoms. The average Bonchev–Trinajstić information content (AvgIpc) is 2.39. The molecule has 1 aliphatic heterocycles. The van der Waals surface area contributed by atoms with E-state index in [1.54, 1.807) is 0 Å². The minimum absolute atomic E-state index is 0.217. The summed E-state index contributed by atoms with van der Waals surface area (Å²) in [5.74, 6) is 1.62. The number of nitrogens with two attached hydrogens (primary N) is 1. The van der Waals surface area contributed by atoms with Crippen molar-refractivity contribution in [3.63, 3.8) is 0 Å². The lowest BCUT2D eigenvalue weighted by molar-refractivity contribution is 0.442. The Morgan fingerprint density at radius 3 is 2.78 bits per heavy atom. The summed E-state index contributed by atoms with van der Waals surface area (Å²) in [6.45, 7) is 6.56. The third-order valence-corrected chi connectivity index (χ3v) is 3.65. The second kappa shape index (κ2) is 6.14. The van der Waals surface area contributed by atoms with Gasteiger partial charge in [-0.15, -0.1) is 0 Å². The lowest BCUT2D eigenvalue weighted by Gasteiger charge is -2.30. The SMILES string of the molecule is CCC(N)Cc1cnc(N2CCCC(C)C2)nc1. The number of anilines is 1. The topological polar surface area (TPSA) is 55.0 Å². The molecule has 0 radical (unpaired) electrons. The molecule has 1 aromatic heterocycles. The molecule has 0 aromatic carbocycles. The number of hydrogen-bond donors (Lipinski definition) is 1. The second-order valence-electron chi connectivity index (χ2n) is 5.46. The largest absolute Gasteiger partial charge is 0.341 e. The Morgan fingerprint density at radius 1 is 1.44 bits per heavy atom. The summed E-state index contributed by atoms with van der Waals surface area (Å²) in [5, 5.41) is 0. The third-order valence-electron chi connectivity index (χ3n) is 3.65. The predicted molar refractivity (Wildman–Crippen MR) is 74.6 cm³/mol. The zero-order valence-electron chi connectivity index (χ0n) is 11.5. The van der Waals surface area contributed by atoms with Crippen LogP contribution in [0.3, 0.4) is 0 Å². The Balaban J connectivity index is 1.98. The molecule has 2 N–H and O–H groups in total. The molecule has 0 aliphatic carbocycles. The third kappa shape index (κ3) is 3.42. The van der Waals surface area contributed by atoms with E-state index in [4.69, 9.17) is 5.73 Å². The van der Waals surface area contributed by atoms with Gasteiger partial charge in [0.15, 0.2) is 0 Å². The fraction of sp³-hybridized carbons (Fsp3) is 0.714. The van der Waals surface area contributed by atoms with Crippen molar-refractivity contribution < 1.29 is 0 Å². The minimum atomic E-state index is 0.217. The molecular weight excluding hydrogens is 224 g/mol. The molecule has 1 aliphatic rings. The Hall–Kier alpha value is -1.16. The average molecular weight is 248 g/mol. The molecule has 0 spiro atoms. The van der Waals surface area contributed by atoms with Gasteiger partial charge in [-0.3, -0.25) is 0 Å². The molecule has 1 saturated heterocycles. The van der Waals surface area contributed by atoms with E-state index in [-0.39, 0.29) is 6.04 Å². The van der Waals surface area contributed by atoms with Gasteiger partial charge in [0.1, 0.15) is 0 Å². The number of aromatic nitrogens is 2. The summed E-state index contributed by atoms with van der Waals surface area (Å²) in [7, 11) is 0. The predicted octanol–water partition coefficient (Wildman–Crippen LogP) is 1.99. The van der Waals surface area contributed by atoms with Gasteiger partial charge >= 0.3 is 0 Å². The first kappa shape index (κ1) is 13.3. The quantitative estimate of drug-likeness (QED) is 0.885. The van der Waals surface area contributed by atoms with E-state index in [2.05, 4.69) is 28.7 Å². The molecule has 0 saturated carbocycles. The van der Waals surface area contributed by atoms with Crippen molar-refractivity contribution in [2.45, 2.75) is 45.6 Å². The van der Waals surface area contributed by atoms with E-state index in [1.807, 2.05) is 12.4 Å². The molecule has 1 aromatic rings. The summed E-state index contributed by atoms with van der Waals surface area (Å²) in [6.07, 6.45) is 8.28. The lowest BCUT2D eigenvalue weighted by Crippen LogP contribution is -2.35. The highest BCUT2D eigenvalue weighted by Gasteiger charge is 2.18. The molecule has 2 atom stereocenters. The molecule has 2 heterocycles. The van der Waals surface area contributed by atoms with Gasteiger partial charge in [0, 0.05) is 31.5 Å². The van der Waals surface area contributed by atoms with Gasteiger partial charge in [0.05, 0.1) is 0 Å². The van der Waals surface area contributed by atoms with Crippen LogP contribution in [0.5, 0.6) is 0 Å². The number of piperidine rings is 1. The zero-order valence-corrected chi connectivity index (χ0v) is 11.5. The van der Waals surface area contributed by atoms with Crippen LogP contribution in [0.25, 0.3) is 0 Å². The van der Waals surface area contributed by atoms with Gasteiger partial charge in [-0.2, -0.15) is 0 Å². The molecule has 18 heavy (non-hydrogen) atoms. The first-order valence-corrected chi connectivity index (χ1v) is 7.00. The van der Waals surface area contributed by atoms with Crippen molar-refractivity contribution in [3.8, 4) is 0 Å². The van der Waals surface area contributed by atoms with Gasteiger partial charge < -0.3 is 10.6 Å². The van der Waals surface area contributed by atoms with Crippen LogP contribution in [0.2, 0.25) is 0 Å². The number of rotatable bonds is 4. The van der Waals surface area contributed by atoms with Crippen LogP contribution in [-0.2, 0) is 6.42 Å². The fourth-order valence-corrected chi connectivity index (χ4v) is 2.43. The summed E-state index contributed by atoms with van der Waals surface area (Å²) in [4.78, 5) is 11.3. The maximum atomic E-state index is 5.94. The van der Waals surface area contributed by atoms with Crippen LogP contribution in [0.4, 0.5) is 5.95 Å². The van der Waals surface area contributed by atoms with Crippen LogP contribution >= 0.6 is 0 Å². The molecular formula is C14H24N4. The smallest absolute Gasteiger partial charge is 0.225 e. The van der Waals surface area contributed by atoms with Crippen molar-refractivity contribution in [2.24, 2.45) is 11.7 Å². The molecule has 4 nitrogen and oxygen atoms in total. The zero-order chi connectivity index (χ0) is 13.0. The number of nitrogens with zero attached hydrogens (tertiary/aromatic N) is 3. The van der Waals surface area contributed by atoms with Crippen molar-refractivity contribution in [1.82, 2.24) is 9.97 Å². The fourth-order valence-electron chi connectivity index (χ4n) is 2.43. The van der Waals surface area contributed by atoms with Crippen LogP contribution in [0, 0.1) is 5.92 Å². The Bertz CT molecular complexity index is 363. The Morgan fingerprint density at radius 2 is 2.17 bits per heavy atom. The van der Waals surface area contributed by atoms with Gasteiger partial charge in [-0.05, 0) is 37.2 Å². The van der Waals surface area contributed by atoms with Gasteiger partial charge in [0.2, 0.25) is 5.95 Å². The van der Waals surface area contributed by atoms with E-state index in [0.717, 1.165) is 43.4 Å². The van der Waals surface area contributed by atoms with Gasteiger partial charge in [0.25, 0.3) is 0 Å². The first-order chi connectivity index (χ1) is 8.69. The molecule has 100 valence electrons. The second-order valence-corrected chi connectivity index (χ2v) is 5.46. The van der Waals surface area contributed by atoms with Crippen molar-refractivity contribution in [3.05, 3.63) is 18.0 Å². The van der Waals surface area contributed by atoms with E-state index in [1.165, 1.54) is 12.8 Å². The highest BCUT2D eigenvalue weighted by Crippen LogP contribution is 2.19. The lowest BCUT2D eigenvalue weighted by atomic mass is 10.0. The summed E-state index contributed by atoms with van der Waals surface area (Å²) < 4.78 is 0. The molecule has 0 amide bonds. The number of hydrogen-bond acceptors (Lipinski definition) is 4. The van der Waals surface area contributed by atoms with Crippen LogP contribution in [0.15, 0.2) is 12.4 Å². The molecule has 0 bridgehead atoms. The first-order valence-electron chi connectivity index (χ1n) is 7.00. The van der Waals surface area contributed by atoms with Crippen molar-refractivity contribution >= 4 is 5.95 Å². The normalized spacial score (nSPS) is 21.9. The molecule has 2 unspecified atom stereocenters.